The van der Waals surface area contributed by atoms with Gasteiger partial charge in [-0.05, 0) is 17.5 Å². The predicted octanol–water partition coefficient (Wildman–Crippen LogP) is 2.45. The Labute approximate surface area is 149 Å². The molecular formula is C15H14F4N4O2S. The summed E-state index contributed by atoms with van der Waals surface area (Å²) in [5, 5.41) is 6.98. The summed E-state index contributed by atoms with van der Waals surface area (Å²) < 4.78 is 53.2. The first kappa shape index (κ1) is 18.4. The molecule has 0 radical (unpaired) electrons. The molecule has 2 aromatic rings. The molecule has 1 saturated heterocycles. The Kier molecular flexibility index (Phi) is 4.51. The molecule has 6 nitrogen and oxygen atoms in total. The molecule has 2 aromatic heterocycles. The number of anilines is 1. The van der Waals surface area contributed by atoms with Crippen molar-refractivity contribution in [2.24, 2.45) is 13.0 Å². The van der Waals surface area contributed by atoms with E-state index in [0.29, 0.717) is 4.68 Å². The molecule has 0 spiro atoms. The number of hydrogen-bond acceptors (Lipinski definition) is 4. The second-order valence-corrected chi connectivity index (χ2v) is 6.84. The van der Waals surface area contributed by atoms with Crippen LogP contribution in [0, 0.1) is 11.0 Å². The quantitative estimate of drug-likeness (QED) is 0.647. The summed E-state index contributed by atoms with van der Waals surface area (Å²) in [6, 6.07) is 2.18. The summed E-state index contributed by atoms with van der Waals surface area (Å²) >= 11 is 0.778. The summed E-state index contributed by atoms with van der Waals surface area (Å²) in [7, 11) is 2.59. The van der Waals surface area contributed by atoms with Crippen molar-refractivity contribution < 1.29 is 27.2 Å². The number of carbonyl (C=O) groups excluding carboxylic acids is 2. The number of thiophene rings is 1. The van der Waals surface area contributed by atoms with E-state index in [-0.39, 0.29) is 17.9 Å². The van der Waals surface area contributed by atoms with Crippen LogP contribution in [0.4, 0.5) is 23.2 Å². The van der Waals surface area contributed by atoms with E-state index >= 15 is 0 Å². The highest BCUT2D eigenvalue weighted by Crippen LogP contribution is 2.37. The summed E-state index contributed by atoms with van der Waals surface area (Å²) in [5.74, 6) is -3.48. The molecule has 1 fully saturated rings. The molecule has 11 heteroatoms. The van der Waals surface area contributed by atoms with Crippen molar-refractivity contribution in [3.63, 3.8) is 0 Å². The lowest BCUT2D eigenvalue weighted by molar-refractivity contribution is -0.143. The first-order chi connectivity index (χ1) is 12.1. The maximum Gasteiger partial charge on any atom is 0.433 e. The second kappa shape index (κ2) is 6.38. The number of aromatic nitrogens is 2. The lowest BCUT2D eigenvalue weighted by Crippen LogP contribution is -2.32. The lowest BCUT2D eigenvalue weighted by atomic mass is 9.91. The second-order valence-electron chi connectivity index (χ2n) is 5.98. The number of hydrogen-bond donors (Lipinski definition) is 1. The monoisotopic (exact) mass is 390 g/mol. The van der Waals surface area contributed by atoms with Crippen molar-refractivity contribution >= 4 is 28.8 Å². The summed E-state index contributed by atoms with van der Waals surface area (Å²) in [4.78, 5) is 26.1. The lowest BCUT2D eigenvalue weighted by Gasteiger charge is -2.14. The third kappa shape index (κ3) is 3.18. The average molecular weight is 390 g/mol. The van der Waals surface area contributed by atoms with Crippen LogP contribution in [0.3, 0.4) is 0 Å². The van der Waals surface area contributed by atoms with Crippen molar-refractivity contribution in [3.05, 3.63) is 34.0 Å². The highest BCUT2D eigenvalue weighted by molar-refractivity contribution is 7.08. The maximum atomic E-state index is 13.5. The third-order valence-corrected chi connectivity index (χ3v) is 4.94. The zero-order chi connectivity index (χ0) is 19.2. The first-order valence-electron chi connectivity index (χ1n) is 7.49. The van der Waals surface area contributed by atoms with E-state index in [1.54, 1.807) is 0 Å². The number of rotatable bonds is 3. The Morgan fingerprint density at radius 1 is 1.38 bits per heavy atom. The maximum absolute atomic E-state index is 13.5. The Morgan fingerprint density at radius 2 is 2.08 bits per heavy atom. The van der Waals surface area contributed by atoms with E-state index in [1.165, 1.54) is 23.4 Å². The molecule has 2 amide bonds. The van der Waals surface area contributed by atoms with Gasteiger partial charge in [0.05, 0.1) is 11.4 Å². The van der Waals surface area contributed by atoms with Crippen LogP contribution in [-0.2, 0) is 22.8 Å². The van der Waals surface area contributed by atoms with Crippen LogP contribution in [-0.4, -0.2) is 40.1 Å². The minimum Gasteiger partial charge on any atom is -0.344 e. The molecule has 1 aliphatic heterocycles. The van der Waals surface area contributed by atoms with Gasteiger partial charge in [-0.15, -0.1) is 11.3 Å². The average Bonchev–Trinajstić information content (AvgIpc) is 3.19. The van der Waals surface area contributed by atoms with E-state index < -0.39 is 40.7 Å². The smallest absolute Gasteiger partial charge is 0.344 e. The van der Waals surface area contributed by atoms with Crippen LogP contribution in [0.25, 0.3) is 0 Å². The van der Waals surface area contributed by atoms with Gasteiger partial charge in [0, 0.05) is 26.6 Å². The summed E-state index contributed by atoms with van der Waals surface area (Å²) in [5.41, 5.74) is -1.06. The van der Waals surface area contributed by atoms with E-state index in [2.05, 4.69) is 10.4 Å². The van der Waals surface area contributed by atoms with Gasteiger partial charge < -0.3 is 10.2 Å². The molecule has 3 heterocycles. The van der Waals surface area contributed by atoms with Crippen molar-refractivity contribution in [2.45, 2.75) is 12.1 Å². The fourth-order valence-electron chi connectivity index (χ4n) is 2.99. The molecule has 1 aliphatic rings. The molecule has 0 bridgehead atoms. The standard InChI is InChI=1S/C15H14F4N4O2S/c1-22-6-7(9-5-10(15(17,18)19)23(2)21-9)11(14(22)25)13(24)20-8-3-4-26-12(8)16/h3-5,7,11H,6H2,1-2H3,(H,20,24)/t7-,11+/m1/s1. The van der Waals surface area contributed by atoms with Gasteiger partial charge in [-0.2, -0.15) is 22.7 Å². The van der Waals surface area contributed by atoms with E-state index in [0.717, 1.165) is 24.5 Å². The summed E-state index contributed by atoms with van der Waals surface area (Å²) in [6.45, 7) is 0.0390. The minimum absolute atomic E-state index is 0.0107. The fraction of sp³-hybridized carbons (Fsp3) is 0.400. The number of aryl methyl sites for hydroxylation is 1. The van der Waals surface area contributed by atoms with E-state index in [4.69, 9.17) is 0 Å². The molecular weight excluding hydrogens is 376 g/mol. The minimum atomic E-state index is -4.61. The number of carbonyl (C=O) groups is 2. The largest absolute Gasteiger partial charge is 0.433 e. The van der Waals surface area contributed by atoms with E-state index in [1.807, 2.05) is 0 Å². The molecule has 2 atom stereocenters. The zero-order valence-corrected chi connectivity index (χ0v) is 14.5. The van der Waals surface area contributed by atoms with Crippen LogP contribution < -0.4 is 5.32 Å². The number of alkyl halides is 3. The van der Waals surface area contributed by atoms with E-state index in [9.17, 15) is 27.2 Å². The van der Waals surface area contributed by atoms with Gasteiger partial charge in [0.2, 0.25) is 11.8 Å². The SMILES string of the molecule is CN1C[C@H](c2cc(C(F)(F)F)n(C)n2)[C@@H](C(=O)Nc2ccsc2F)C1=O. The number of likely N-dealkylation sites (N-methyl/N-ethyl adjacent to an activating group) is 1. The molecule has 0 saturated carbocycles. The number of nitrogens with zero attached hydrogens (tertiary/aromatic N) is 3. The van der Waals surface area contributed by atoms with Crippen molar-refractivity contribution in [3.8, 4) is 0 Å². The Hall–Kier alpha value is -2.43. The summed E-state index contributed by atoms with van der Waals surface area (Å²) in [6.07, 6.45) is -4.61. The first-order valence-corrected chi connectivity index (χ1v) is 8.37. The van der Waals surface area contributed by atoms with Crippen molar-refractivity contribution in [2.75, 3.05) is 18.9 Å². The van der Waals surface area contributed by atoms with Crippen LogP contribution in [0.2, 0.25) is 0 Å². The highest BCUT2D eigenvalue weighted by atomic mass is 32.1. The van der Waals surface area contributed by atoms with Gasteiger partial charge in [0.25, 0.3) is 0 Å². The fourth-order valence-corrected chi connectivity index (χ4v) is 3.56. The Morgan fingerprint density at radius 3 is 2.62 bits per heavy atom. The molecule has 140 valence electrons. The van der Waals surface area contributed by atoms with Crippen molar-refractivity contribution in [1.82, 2.24) is 14.7 Å². The van der Waals surface area contributed by atoms with Gasteiger partial charge in [-0.25, -0.2) is 0 Å². The van der Waals surface area contributed by atoms with Crippen LogP contribution in [0.1, 0.15) is 17.3 Å². The predicted molar refractivity (Wildman–Crippen MR) is 85.0 cm³/mol. The molecule has 26 heavy (non-hydrogen) atoms. The Bertz CT molecular complexity index is 860. The van der Waals surface area contributed by atoms with Gasteiger partial charge in [-0.1, -0.05) is 0 Å². The van der Waals surface area contributed by atoms with Crippen LogP contribution in [0.5, 0.6) is 0 Å². The molecule has 0 aromatic carbocycles. The molecule has 3 rings (SSSR count). The normalized spacial score (nSPS) is 20.7. The highest BCUT2D eigenvalue weighted by Gasteiger charge is 2.46. The number of likely N-dealkylation sites (tertiary alicyclic amines) is 1. The third-order valence-electron chi connectivity index (χ3n) is 4.24. The molecule has 1 N–H and O–H groups in total. The van der Waals surface area contributed by atoms with Crippen molar-refractivity contribution in [1.29, 1.82) is 0 Å². The number of amides is 2. The van der Waals surface area contributed by atoms with Gasteiger partial charge in [-0.3, -0.25) is 14.3 Å². The Balaban J connectivity index is 1.92. The molecule has 0 aliphatic carbocycles. The topological polar surface area (TPSA) is 67.2 Å². The number of halogens is 4. The number of nitrogens with one attached hydrogen (secondary N) is 1. The van der Waals surface area contributed by atoms with Gasteiger partial charge >= 0.3 is 6.18 Å². The van der Waals surface area contributed by atoms with Gasteiger partial charge in [0.15, 0.2) is 5.13 Å². The molecule has 0 unspecified atom stereocenters. The zero-order valence-electron chi connectivity index (χ0n) is 13.7. The van der Waals surface area contributed by atoms with Crippen LogP contribution >= 0.6 is 11.3 Å². The van der Waals surface area contributed by atoms with Crippen LogP contribution in [0.15, 0.2) is 17.5 Å². The van der Waals surface area contributed by atoms with Gasteiger partial charge in [0.1, 0.15) is 11.6 Å².